The van der Waals surface area contributed by atoms with E-state index in [1.165, 1.54) is 30.5 Å². The van der Waals surface area contributed by atoms with E-state index in [2.05, 4.69) is 58.2 Å². The van der Waals surface area contributed by atoms with Gasteiger partial charge in [0.2, 0.25) is 0 Å². The lowest BCUT2D eigenvalue weighted by molar-refractivity contribution is 0.0255. The molecule has 4 heteroatoms. The summed E-state index contributed by atoms with van der Waals surface area (Å²) in [7, 11) is 0. The van der Waals surface area contributed by atoms with E-state index in [1.807, 2.05) is 0 Å². The van der Waals surface area contributed by atoms with Crippen molar-refractivity contribution in [1.82, 2.24) is 5.32 Å². The van der Waals surface area contributed by atoms with Gasteiger partial charge in [-0.2, -0.15) is 0 Å². The zero-order valence-electron chi connectivity index (χ0n) is 12.9. The normalized spacial score (nSPS) is 26.7. The Kier molecular flexibility index (Phi) is 4.87. The van der Waals surface area contributed by atoms with Crippen LogP contribution in [0.4, 0.5) is 5.69 Å². The number of fused-ring (bicyclic) bond motifs is 1. The van der Waals surface area contributed by atoms with Crippen LogP contribution >= 0.6 is 15.9 Å². The molecule has 116 valence electrons. The van der Waals surface area contributed by atoms with Gasteiger partial charge >= 0.3 is 0 Å². The van der Waals surface area contributed by atoms with Crippen LogP contribution in [0.25, 0.3) is 0 Å². The van der Waals surface area contributed by atoms with Crippen molar-refractivity contribution in [2.24, 2.45) is 0 Å². The Morgan fingerprint density at radius 2 is 2.29 bits per heavy atom. The predicted octanol–water partition coefficient (Wildman–Crippen LogP) is 3.88. The quantitative estimate of drug-likeness (QED) is 0.889. The lowest BCUT2D eigenvalue weighted by atomic mass is 10.0. The highest BCUT2D eigenvalue weighted by Crippen LogP contribution is 2.37. The van der Waals surface area contributed by atoms with E-state index in [0.29, 0.717) is 18.2 Å². The first-order valence-electron chi connectivity index (χ1n) is 8.11. The van der Waals surface area contributed by atoms with Crippen LogP contribution in [0.2, 0.25) is 0 Å². The van der Waals surface area contributed by atoms with Crippen molar-refractivity contribution in [3.63, 3.8) is 0 Å². The number of rotatable bonds is 4. The standard InChI is InChI=1S/C17H25BrN2O/c1-3-19-12(2)14-11-13(18)7-8-15(14)20-9-10-21-17-6-4-5-16(17)20/h7-8,11-12,16-17,19H,3-6,9-10H2,1-2H3. The molecular weight excluding hydrogens is 328 g/mol. The van der Waals surface area contributed by atoms with E-state index in [0.717, 1.165) is 24.2 Å². The second-order valence-corrected chi connectivity index (χ2v) is 7.00. The Labute approximate surface area is 136 Å². The van der Waals surface area contributed by atoms with Crippen molar-refractivity contribution >= 4 is 21.6 Å². The minimum atomic E-state index is 0.366. The number of ether oxygens (including phenoxy) is 1. The number of anilines is 1. The summed E-state index contributed by atoms with van der Waals surface area (Å²) in [6.07, 6.45) is 4.20. The van der Waals surface area contributed by atoms with Gasteiger partial charge in [-0.25, -0.2) is 0 Å². The first-order chi connectivity index (χ1) is 10.2. The molecule has 1 saturated heterocycles. The zero-order valence-corrected chi connectivity index (χ0v) is 14.5. The molecule has 1 aliphatic heterocycles. The molecule has 1 saturated carbocycles. The van der Waals surface area contributed by atoms with Gasteiger partial charge in [0.15, 0.2) is 0 Å². The molecule has 0 spiro atoms. The van der Waals surface area contributed by atoms with Crippen LogP contribution in [-0.4, -0.2) is 31.8 Å². The third-order valence-electron chi connectivity index (χ3n) is 4.76. The Bertz CT molecular complexity index is 494. The van der Waals surface area contributed by atoms with Gasteiger partial charge in [0.25, 0.3) is 0 Å². The summed E-state index contributed by atoms with van der Waals surface area (Å²) in [6, 6.07) is 7.63. The lowest BCUT2D eigenvalue weighted by Gasteiger charge is -2.41. The van der Waals surface area contributed by atoms with Gasteiger partial charge in [-0.1, -0.05) is 22.9 Å². The maximum absolute atomic E-state index is 5.96. The van der Waals surface area contributed by atoms with Crippen LogP contribution in [0.5, 0.6) is 0 Å². The van der Waals surface area contributed by atoms with Crippen molar-refractivity contribution in [2.75, 3.05) is 24.6 Å². The first-order valence-corrected chi connectivity index (χ1v) is 8.91. The average Bonchev–Trinajstić information content (AvgIpc) is 2.96. The number of morpholine rings is 1. The van der Waals surface area contributed by atoms with Gasteiger partial charge in [-0.3, -0.25) is 0 Å². The van der Waals surface area contributed by atoms with Gasteiger partial charge in [-0.15, -0.1) is 0 Å². The maximum Gasteiger partial charge on any atom is 0.0779 e. The predicted molar refractivity (Wildman–Crippen MR) is 91.0 cm³/mol. The van der Waals surface area contributed by atoms with E-state index in [9.17, 15) is 0 Å². The van der Waals surface area contributed by atoms with Crippen molar-refractivity contribution in [1.29, 1.82) is 0 Å². The summed E-state index contributed by atoms with van der Waals surface area (Å²) in [5.41, 5.74) is 2.77. The summed E-state index contributed by atoms with van der Waals surface area (Å²) in [6.45, 7) is 7.26. The second kappa shape index (κ2) is 6.67. The van der Waals surface area contributed by atoms with Crippen molar-refractivity contribution in [3.8, 4) is 0 Å². The molecule has 2 aliphatic rings. The highest BCUT2D eigenvalue weighted by molar-refractivity contribution is 9.10. The largest absolute Gasteiger partial charge is 0.374 e. The maximum atomic E-state index is 5.96. The molecule has 0 bridgehead atoms. The summed E-state index contributed by atoms with van der Waals surface area (Å²) in [5.74, 6) is 0. The van der Waals surface area contributed by atoms with Crippen molar-refractivity contribution in [2.45, 2.75) is 51.3 Å². The molecule has 1 N–H and O–H groups in total. The molecule has 3 atom stereocenters. The molecular formula is C17H25BrN2O. The van der Waals surface area contributed by atoms with E-state index < -0.39 is 0 Å². The molecule has 1 aromatic carbocycles. The minimum absolute atomic E-state index is 0.366. The fourth-order valence-corrected chi connectivity index (χ4v) is 4.15. The van der Waals surface area contributed by atoms with E-state index in [1.54, 1.807) is 0 Å². The zero-order chi connectivity index (χ0) is 14.8. The van der Waals surface area contributed by atoms with Crippen LogP contribution in [0.1, 0.15) is 44.7 Å². The average molecular weight is 353 g/mol. The number of nitrogens with one attached hydrogen (secondary N) is 1. The number of nitrogens with zero attached hydrogens (tertiary/aromatic N) is 1. The van der Waals surface area contributed by atoms with E-state index >= 15 is 0 Å². The number of benzene rings is 1. The van der Waals surface area contributed by atoms with Crippen molar-refractivity contribution in [3.05, 3.63) is 28.2 Å². The third-order valence-corrected chi connectivity index (χ3v) is 5.25. The Morgan fingerprint density at radius 3 is 3.10 bits per heavy atom. The van der Waals surface area contributed by atoms with Crippen LogP contribution in [0.15, 0.2) is 22.7 Å². The van der Waals surface area contributed by atoms with E-state index in [4.69, 9.17) is 4.74 Å². The van der Waals surface area contributed by atoms with Gasteiger partial charge in [0, 0.05) is 22.7 Å². The second-order valence-electron chi connectivity index (χ2n) is 6.08. The van der Waals surface area contributed by atoms with Crippen LogP contribution in [0.3, 0.4) is 0 Å². The minimum Gasteiger partial charge on any atom is -0.374 e. The van der Waals surface area contributed by atoms with E-state index in [-0.39, 0.29) is 0 Å². The number of halogens is 1. The molecule has 0 radical (unpaired) electrons. The summed E-state index contributed by atoms with van der Waals surface area (Å²) in [4.78, 5) is 2.59. The smallest absolute Gasteiger partial charge is 0.0779 e. The molecule has 21 heavy (non-hydrogen) atoms. The summed E-state index contributed by atoms with van der Waals surface area (Å²) in [5, 5.41) is 3.55. The van der Waals surface area contributed by atoms with Crippen LogP contribution < -0.4 is 10.2 Å². The van der Waals surface area contributed by atoms with Crippen molar-refractivity contribution < 1.29 is 4.74 Å². The van der Waals surface area contributed by atoms with Crippen LogP contribution in [-0.2, 0) is 4.74 Å². The fourth-order valence-electron chi connectivity index (χ4n) is 3.77. The molecule has 0 amide bonds. The molecule has 3 unspecified atom stereocenters. The summed E-state index contributed by atoms with van der Waals surface area (Å²) < 4.78 is 7.11. The highest BCUT2D eigenvalue weighted by atomic mass is 79.9. The molecule has 2 fully saturated rings. The fraction of sp³-hybridized carbons (Fsp3) is 0.647. The van der Waals surface area contributed by atoms with Crippen LogP contribution in [0, 0.1) is 0 Å². The third kappa shape index (κ3) is 3.13. The SMILES string of the molecule is CCNC(C)c1cc(Br)ccc1N1CCOC2CCCC21. The molecule has 1 aliphatic carbocycles. The Balaban J connectivity index is 1.93. The molecule has 3 nitrogen and oxygen atoms in total. The van der Waals surface area contributed by atoms with Gasteiger partial charge in [-0.05, 0) is 56.5 Å². The summed E-state index contributed by atoms with van der Waals surface area (Å²) >= 11 is 3.63. The first kappa shape index (κ1) is 15.3. The molecule has 1 heterocycles. The monoisotopic (exact) mass is 352 g/mol. The Morgan fingerprint density at radius 1 is 1.43 bits per heavy atom. The molecule has 3 rings (SSSR count). The van der Waals surface area contributed by atoms with Gasteiger partial charge < -0.3 is 15.0 Å². The van der Waals surface area contributed by atoms with Gasteiger partial charge in [0.05, 0.1) is 18.8 Å². The molecule has 1 aromatic rings. The highest BCUT2D eigenvalue weighted by Gasteiger charge is 2.37. The topological polar surface area (TPSA) is 24.5 Å². The lowest BCUT2D eigenvalue weighted by Crippen LogP contribution is -2.49. The number of hydrogen-bond acceptors (Lipinski definition) is 3. The Hall–Kier alpha value is -0.580. The number of hydrogen-bond donors (Lipinski definition) is 1. The van der Waals surface area contributed by atoms with Gasteiger partial charge in [0.1, 0.15) is 0 Å². The molecule has 0 aromatic heterocycles.